The van der Waals surface area contributed by atoms with E-state index in [9.17, 15) is 15.0 Å². The summed E-state index contributed by atoms with van der Waals surface area (Å²) in [6, 6.07) is 27.9. The maximum Gasteiger partial charge on any atom is 0.335 e. The van der Waals surface area contributed by atoms with Gasteiger partial charge in [-0.1, -0.05) is 88.4 Å². The van der Waals surface area contributed by atoms with E-state index in [0.717, 1.165) is 34.2 Å². The first-order valence-corrected chi connectivity index (χ1v) is 12.5. The van der Waals surface area contributed by atoms with Crippen LogP contribution in [0.25, 0.3) is 33.4 Å². The fraction of sp³-hybridized carbons (Fsp3) is 0.242. The number of carboxylic acids is 1. The molecule has 0 amide bonds. The second-order valence-electron chi connectivity index (χ2n) is 11.2. The number of phenols is 1. The molecule has 0 radical (unpaired) electrons. The number of hydrogen-bond acceptors (Lipinski definition) is 2. The molecule has 0 bridgehead atoms. The number of aromatic hydroxyl groups is 1. The van der Waals surface area contributed by atoms with Gasteiger partial charge < -0.3 is 10.2 Å². The Balaban J connectivity index is 1.72. The van der Waals surface area contributed by atoms with Crippen molar-refractivity contribution in [2.75, 3.05) is 0 Å². The van der Waals surface area contributed by atoms with Gasteiger partial charge in [0.05, 0.1) is 5.56 Å². The lowest BCUT2D eigenvalue weighted by Crippen LogP contribution is -2.33. The van der Waals surface area contributed by atoms with Crippen LogP contribution in [0, 0.1) is 0 Å². The van der Waals surface area contributed by atoms with Gasteiger partial charge in [-0.2, -0.15) is 0 Å². The highest BCUT2D eigenvalue weighted by Gasteiger charge is 2.37. The molecule has 3 heteroatoms. The van der Waals surface area contributed by atoms with Gasteiger partial charge in [0.15, 0.2) is 0 Å². The third kappa shape index (κ3) is 4.19. The second-order valence-corrected chi connectivity index (χ2v) is 11.2. The van der Waals surface area contributed by atoms with Crippen LogP contribution in [-0.4, -0.2) is 16.2 Å². The zero-order chi connectivity index (χ0) is 25.7. The van der Waals surface area contributed by atoms with Crippen molar-refractivity contribution < 1.29 is 15.0 Å². The fourth-order valence-corrected chi connectivity index (χ4v) is 5.49. The number of carbonyl (C=O) groups is 1. The van der Waals surface area contributed by atoms with Crippen LogP contribution in [0.5, 0.6) is 5.75 Å². The van der Waals surface area contributed by atoms with Gasteiger partial charge in [-0.25, -0.2) is 4.79 Å². The Kier molecular flexibility index (Phi) is 5.75. The Bertz CT molecular complexity index is 1460. The quantitative estimate of drug-likeness (QED) is 0.311. The van der Waals surface area contributed by atoms with E-state index in [0.29, 0.717) is 5.56 Å². The Morgan fingerprint density at radius 2 is 1.25 bits per heavy atom. The lowest BCUT2D eigenvalue weighted by atomic mass is 9.63. The molecular formula is C33H32O3. The Morgan fingerprint density at radius 3 is 1.92 bits per heavy atom. The highest BCUT2D eigenvalue weighted by molar-refractivity contribution is 5.91. The predicted molar refractivity (Wildman–Crippen MR) is 147 cm³/mol. The van der Waals surface area contributed by atoms with E-state index < -0.39 is 5.97 Å². The first-order chi connectivity index (χ1) is 17.1. The molecule has 0 aromatic heterocycles. The number of hydrogen-bond donors (Lipinski definition) is 2. The van der Waals surface area contributed by atoms with Crippen molar-refractivity contribution in [1.29, 1.82) is 0 Å². The molecular weight excluding hydrogens is 444 g/mol. The molecule has 4 aromatic rings. The summed E-state index contributed by atoms with van der Waals surface area (Å²) in [7, 11) is 0. The molecule has 4 aromatic carbocycles. The van der Waals surface area contributed by atoms with Crippen molar-refractivity contribution in [3.05, 3.63) is 102 Å². The molecule has 2 N–H and O–H groups in total. The first-order valence-electron chi connectivity index (χ1n) is 12.5. The molecule has 0 saturated carbocycles. The Hall–Kier alpha value is -3.85. The van der Waals surface area contributed by atoms with Crippen molar-refractivity contribution in [1.82, 2.24) is 0 Å². The van der Waals surface area contributed by atoms with E-state index in [-0.39, 0.29) is 22.1 Å². The molecule has 1 aliphatic rings. The summed E-state index contributed by atoms with van der Waals surface area (Å²) in [6.07, 6.45) is 2.31. The van der Waals surface area contributed by atoms with Gasteiger partial charge in [0, 0.05) is 5.56 Å². The van der Waals surface area contributed by atoms with Gasteiger partial charge >= 0.3 is 5.97 Å². The molecule has 0 unspecified atom stereocenters. The molecule has 0 heterocycles. The highest BCUT2D eigenvalue weighted by atomic mass is 16.4. The third-order valence-corrected chi connectivity index (χ3v) is 7.82. The number of fused-ring (bicyclic) bond motifs is 1. The van der Waals surface area contributed by atoms with Gasteiger partial charge in [0.2, 0.25) is 0 Å². The van der Waals surface area contributed by atoms with Crippen LogP contribution in [0.1, 0.15) is 62.0 Å². The number of rotatable bonds is 4. The monoisotopic (exact) mass is 476 g/mol. The minimum atomic E-state index is -1.06. The van der Waals surface area contributed by atoms with Gasteiger partial charge in [-0.3, -0.25) is 0 Å². The van der Waals surface area contributed by atoms with E-state index in [4.69, 9.17) is 0 Å². The number of aromatic carboxylic acids is 1. The summed E-state index contributed by atoms with van der Waals surface area (Å²) in [6.45, 7) is 9.34. The summed E-state index contributed by atoms with van der Waals surface area (Å²) in [5.41, 5.74) is 9.05. The zero-order valence-corrected chi connectivity index (χ0v) is 21.3. The van der Waals surface area contributed by atoms with Gasteiger partial charge in [-0.15, -0.1) is 0 Å². The molecule has 0 saturated heterocycles. The fourth-order valence-electron chi connectivity index (χ4n) is 5.49. The van der Waals surface area contributed by atoms with Crippen molar-refractivity contribution in [3.8, 4) is 39.1 Å². The van der Waals surface area contributed by atoms with E-state index in [1.165, 1.54) is 29.7 Å². The smallest absolute Gasteiger partial charge is 0.335 e. The summed E-state index contributed by atoms with van der Waals surface area (Å²) < 4.78 is 0. The SMILES string of the molecule is CC1(C)CCC(C)(C)c2cc(-c3cc(-c4ccc(C(=O)O)cc4O)ccc3-c3ccccc3)ccc21. The number of phenolic OH excluding ortho intramolecular Hbond substituents is 1. The maximum atomic E-state index is 11.3. The Morgan fingerprint density at radius 1 is 0.639 bits per heavy atom. The zero-order valence-electron chi connectivity index (χ0n) is 21.3. The number of benzene rings is 4. The van der Waals surface area contributed by atoms with Crippen molar-refractivity contribution >= 4 is 5.97 Å². The second kappa shape index (κ2) is 8.67. The molecule has 0 spiro atoms. The van der Waals surface area contributed by atoms with Gasteiger partial charge in [-0.05, 0) is 86.9 Å². The summed E-state index contributed by atoms with van der Waals surface area (Å²) >= 11 is 0. The van der Waals surface area contributed by atoms with Gasteiger partial charge in [0.1, 0.15) is 5.75 Å². The van der Waals surface area contributed by atoms with Crippen LogP contribution in [0.2, 0.25) is 0 Å². The van der Waals surface area contributed by atoms with Crippen LogP contribution in [-0.2, 0) is 10.8 Å². The van der Waals surface area contributed by atoms with Crippen molar-refractivity contribution in [3.63, 3.8) is 0 Å². The van der Waals surface area contributed by atoms with Crippen LogP contribution in [0.4, 0.5) is 0 Å². The number of carboxylic acid groups (broad SMARTS) is 1. The molecule has 5 rings (SSSR count). The van der Waals surface area contributed by atoms with Crippen LogP contribution in [0.3, 0.4) is 0 Å². The third-order valence-electron chi connectivity index (χ3n) is 7.82. The normalized spacial score (nSPS) is 15.8. The summed E-state index contributed by atoms with van der Waals surface area (Å²) in [5, 5.41) is 20.0. The summed E-state index contributed by atoms with van der Waals surface area (Å²) in [5.74, 6) is -1.10. The lowest BCUT2D eigenvalue weighted by molar-refractivity contribution is 0.0696. The van der Waals surface area contributed by atoms with Crippen LogP contribution in [0.15, 0.2) is 84.9 Å². The highest BCUT2D eigenvalue weighted by Crippen LogP contribution is 2.48. The van der Waals surface area contributed by atoms with E-state index in [1.807, 2.05) is 24.3 Å². The standard InChI is InChI=1S/C33H32O3/c1-32(2)16-17-33(3,4)29-19-23(12-15-28(29)32)27-18-22(10-13-25(27)21-8-6-5-7-9-21)26-14-11-24(31(35)36)20-30(26)34/h5-15,18-20,34H,16-17H2,1-4H3,(H,35,36). The molecule has 182 valence electrons. The van der Waals surface area contributed by atoms with Crippen LogP contribution >= 0.6 is 0 Å². The molecule has 0 atom stereocenters. The Labute approximate surface area is 213 Å². The molecule has 36 heavy (non-hydrogen) atoms. The minimum absolute atomic E-state index is 0.0402. The summed E-state index contributed by atoms with van der Waals surface area (Å²) in [4.78, 5) is 11.3. The largest absolute Gasteiger partial charge is 0.507 e. The molecule has 0 aliphatic heterocycles. The molecule has 3 nitrogen and oxygen atoms in total. The van der Waals surface area contributed by atoms with E-state index in [2.05, 4.69) is 70.2 Å². The predicted octanol–water partition coefficient (Wildman–Crippen LogP) is 8.44. The van der Waals surface area contributed by atoms with E-state index in [1.54, 1.807) is 6.07 Å². The average molecular weight is 477 g/mol. The molecule has 1 aliphatic carbocycles. The van der Waals surface area contributed by atoms with Crippen molar-refractivity contribution in [2.24, 2.45) is 0 Å². The lowest BCUT2D eigenvalue weighted by Gasteiger charge is -2.42. The maximum absolute atomic E-state index is 11.3. The van der Waals surface area contributed by atoms with Crippen molar-refractivity contribution in [2.45, 2.75) is 51.4 Å². The first kappa shape index (κ1) is 23.9. The average Bonchev–Trinajstić information content (AvgIpc) is 2.87. The van der Waals surface area contributed by atoms with Gasteiger partial charge in [0.25, 0.3) is 0 Å². The topological polar surface area (TPSA) is 57.5 Å². The minimum Gasteiger partial charge on any atom is -0.507 e. The van der Waals surface area contributed by atoms with E-state index >= 15 is 0 Å². The van der Waals surface area contributed by atoms with Crippen LogP contribution < -0.4 is 0 Å². The molecule has 0 fully saturated rings.